The Morgan fingerprint density at radius 1 is 1.13 bits per heavy atom. The third kappa shape index (κ3) is 7.48. The lowest BCUT2D eigenvalue weighted by Crippen LogP contribution is -2.33. The zero-order chi connectivity index (χ0) is 16.5. The van der Waals surface area contributed by atoms with E-state index in [9.17, 15) is 9.59 Å². The summed E-state index contributed by atoms with van der Waals surface area (Å²) in [6, 6.07) is 7.56. The lowest BCUT2D eigenvalue weighted by atomic mass is 10.1. The second kappa shape index (κ2) is 11.0. The highest BCUT2D eigenvalue weighted by molar-refractivity contribution is 5.92. The van der Waals surface area contributed by atoms with Crippen LogP contribution in [0.5, 0.6) is 0 Å². The van der Waals surface area contributed by atoms with Gasteiger partial charge in [-0.1, -0.05) is 32.9 Å². The summed E-state index contributed by atoms with van der Waals surface area (Å²) in [4.78, 5) is 23.8. The van der Waals surface area contributed by atoms with Crippen LogP contribution in [-0.2, 0) is 16.1 Å². The Morgan fingerprint density at radius 3 is 2.43 bits per heavy atom. The molecule has 1 aromatic rings. The summed E-state index contributed by atoms with van der Waals surface area (Å²) in [5.74, 6) is -0.0428. The quantitative estimate of drug-likeness (QED) is 0.680. The Balaban J connectivity index is 0.00000484. The van der Waals surface area contributed by atoms with E-state index in [1.165, 1.54) is 0 Å². The van der Waals surface area contributed by atoms with Crippen molar-refractivity contribution in [3.05, 3.63) is 29.8 Å². The van der Waals surface area contributed by atoms with Crippen LogP contribution in [0.3, 0.4) is 0 Å². The number of carbonyl (C=O) groups excluding carboxylic acids is 2. The van der Waals surface area contributed by atoms with Crippen molar-refractivity contribution in [1.29, 1.82) is 0 Å². The van der Waals surface area contributed by atoms with Gasteiger partial charge in [-0.15, -0.1) is 12.4 Å². The summed E-state index contributed by atoms with van der Waals surface area (Å²) < 4.78 is 0. The summed E-state index contributed by atoms with van der Waals surface area (Å²) in [5.41, 5.74) is 1.73. The van der Waals surface area contributed by atoms with E-state index >= 15 is 0 Å². The van der Waals surface area contributed by atoms with E-state index < -0.39 is 0 Å². The molecule has 3 N–H and O–H groups in total. The topological polar surface area (TPSA) is 70.2 Å². The van der Waals surface area contributed by atoms with Crippen LogP contribution in [0.4, 0.5) is 5.69 Å². The van der Waals surface area contributed by atoms with E-state index in [0.29, 0.717) is 13.1 Å². The average Bonchev–Trinajstić information content (AvgIpc) is 2.52. The van der Waals surface area contributed by atoms with E-state index in [1.54, 1.807) is 0 Å². The maximum Gasteiger partial charge on any atom is 0.227 e. The number of amides is 2. The van der Waals surface area contributed by atoms with E-state index in [0.717, 1.165) is 17.7 Å². The van der Waals surface area contributed by atoms with Gasteiger partial charge in [-0.3, -0.25) is 9.59 Å². The Kier molecular flexibility index (Phi) is 10.3. The molecule has 2 amide bonds. The molecule has 0 spiro atoms. The van der Waals surface area contributed by atoms with Gasteiger partial charge in [0.1, 0.15) is 0 Å². The number of nitrogens with one attached hydrogen (secondary N) is 3. The van der Waals surface area contributed by atoms with Gasteiger partial charge in [-0.2, -0.15) is 0 Å². The first-order valence-electron chi connectivity index (χ1n) is 7.80. The van der Waals surface area contributed by atoms with Gasteiger partial charge in [-0.25, -0.2) is 0 Å². The minimum absolute atomic E-state index is 0. The van der Waals surface area contributed by atoms with Crippen molar-refractivity contribution in [2.75, 3.05) is 18.9 Å². The van der Waals surface area contributed by atoms with Gasteiger partial charge in [0, 0.05) is 30.6 Å². The maximum atomic E-state index is 11.9. The lowest BCUT2D eigenvalue weighted by Gasteiger charge is -2.13. The number of rotatable bonds is 8. The number of halogens is 1. The van der Waals surface area contributed by atoms with Crippen LogP contribution in [0.2, 0.25) is 0 Å². The van der Waals surface area contributed by atoms with Crippen molar-refractivity contribution in [2.45, 2.75) is 33.7 Å². The highest BCUT2D eigenvalue weighted by Crippen LogP contribution is 2.13. The zero-order valence-electron chi connectivity index (χ0n) is 14.3. The molecule has 0 radical (unpaired) electrons. The van der Waals surface area contributed by atoms with Crippen LogP contribution in [0, 0.1) is 11.8 Å². The number of hydrogen-bond donors (Lipinski definition) is 3. The molecule has 0 saturated carbocycles. The molecular weight excluding hydrogens is 314 g/mol. The molecule has 0 aliphatic carbocycles. The van der Waals surface area contributed by atoms with Gasteiger partial charge in [0.2, 0.25) is 11.8 Å². The normalized spacial score (nSPS) is 12.7. The van der Waals surface area contributed by atoms with E-state index in [2.05, 4.69) is 16.0 Å². The molecule has 0 saturated heterocycles. The van der Waals surface area contributed by atoms with Crippen LogP contribution in [0.1, 0.15) is 32.8 Å². The number of anilines is 1. The molecule has 5 nitrogen and oxygen atoms in total. The molecule has 0 heterocycles. The second-order valence-electron chi connectivity index (χ2n) is 5.68. The first-order valence-corrected chi connectivity index (χ1v) is 7.80. The summed E-state index contributed by atoms with van der Waals surface area (Å²) in [6.45, 7) is 6.89. The molecule has 0 aromatic heterocycles. The molecule has 0 aliphatic heterocycles. The molecular formula is C17H28ClN3O2. The summed E-state index contributed by atoms with van der Waals surface area (Å²) in [5, 5.41) is 8.79. The Morgan fingerprint density at radius 2 is 1.83 bits per heavy atom. The van der Waals surface area contributed by atoms with E-state index in [-0.39, 0.29) is 36.1 Å². The SMILES string of the molecule is CCC(C)C(=O)Nc1cccc(CNC(=O)C(C)CNC)c1.Cl. The predicted molar refractivity (Wildman–Crippen MR) is 96.7 cm³/mol. The van der Waals surface area contributed by atoms with Crippen molar-refractivity contribution >= 4 is 29.9 Å². The average molecular weight is 342 g/mol. The summed E-state index contributed by atoms with van der Waals surface area (Å²) >= 11 is 0. The minimum atomic E-state index is -0.0710. The molecule has 23 heavy (non-hydrogen) atoms. The molecule has 0 fully saturated rings. The van der Waals surface area contributed by atoms with E-state index in [4.69, 9.17) is 0 Å². The van der Waals surface area contributed by atoms with Crippen molar-refractivity contribution in [1.82, 2.24) is 10.6 Å². The van der Waals surface area contributed by atoms with Crippen LogP contribution in [0.25, 0.3) is 0 Å². The van der Waals surface area contributed by atoms with Gasteiger partial charge in [0.05, 0.1) is 0 Å². The minimum Gasteiger partial charge on any atom is -0.352 e. The Hall–Kier alpha value is -1.59. The van der Waals surface area contributed by atoms with Gasteiger partial charge < -0.3 is 16.0 Å². The number of benzene rings is 1. The molecule has 2 unspecified atom stereocenters. The third-order valence-corrected chi connectivity index (χ3v) is 3.68. The van der Waals surface area contributed by atoms with Gasteiger partial charge in [0.25, 0.3) is 0 Å². The molecule has 0 bridgehead atoms. The number of carbonyl (C=O) groups is 2. The molecule has 6 heteroatoms. The Bertz CT molecular complexity index is 508. The van der Waals surface area contributed by atoms with Crippen LogP contribution in [-0.4, -0.2) is 25.4 Å². The highest BCUT2D eigenvalue weighted by Gasteiger charge is 2.12. The lowest BCUT2D eigenvalue weighted by molar-refractivity contribution is -0.124. The summed E-state index contributed by atoms with van der Waals surface area (Å²) in [6.07, 6.45) is 0.810. The monoisotopic (exact) mass is 341 g/mol. The van der Waals surface area contributed by atoms with Crippen LogP contribution < -0.4 is 16.0 Å². The standard InChI is InChI=1S/C17H27N3O2.ClH/c1-5-12(2)17(22)20-15-8-6-7-14(9-15)11-19-16(21)13(3)10-18-4;/h6-9,12-13,18H,5,10-11H2,1-4H3,(H,19,21)(H,20,22);1H. The molecule has 1 aromatic carbocycles. The zero-order valence-corrected chi connectivity index (χ0v) is 15.1. The molecule has 1 rings (SSSR count). The second-order valence-corrected chi connectivity index (χ2v) is 5.68. The van der Waals surface area contributed by atoms with Crippen molar-refractivity contribution < 1.29 is 9.59 Å². The highest BCUT2D eigenvalue weighted by atomic mass is 35.5. The Labute approximate surface area is 145 Å². The number of hydrogen-bond acceptors (Lipinski definition) is 3. The summed E-state index contributed by atoms with van der Waals surface area (Å²) in [7, 11) is 1.83. The molecule has 130 valence electrons. The smallest absolute Gasteiger partial charge is 0.227 e. The largest absolute Gasteiger partial charge is 0.352 e. The van der Waals surface area contributed by atoms with Gasteiger partial charge in [0.15, 0.2) is 0 Å². The fraction of sp³-hybridized carbons (Fsp3) is 0.529. The maximum absolute atomic E-state index is 11.9. The van der Waals surface area contributed by atoms with Gasteiger partial charge >= 0.3 is 0 Å². The van der Waals surface area contributed by atoms with E-state index in [1.807, 2.05) is 52.1 Å². The molecule has 0 aliphatic rings. The van der Waals surface area contributed by atoms with Crippen molar-refractivity contribution in [3.63, 3.8) is 0 Å². The third-order valence-electron chi connectivity index (χ3n) is 3.68. The predicted octanol–water partition coefficient (Wildman–Crippen LogP) is 2.56. The first-order chi connectivity index (χ1) is 10.5. The van der Waals surface area contributed by atoms with Crippen LogP contribution >= 0.6 is 12.4 Å². The fourth-order valence-electron chi connectivity index (χ4n) is 1.97. The van der Waals surface area contributed by atoms with Crippen molar-refractivity contribution in [3.8, 4) is 0 Å². The molecule has 2 atom stereocenters. The first kappa shape index (κ1) is 21.4. The fourth-order valence-corrected chi connectivity index (χ4v) is 1.97. The van der Waals surface area contributed by atoms with Gasteiger partial charge in [-0.05, 0) is 31.2 Å². The van der Waals surface area contributed by atoms with Crippen molar-refractivity contribution in [2.24, 2.45) is 11.8 Å². The van der Waals surface area contributed by atoms with Crippen LogP contribution in [0.15, 0.2) is 24.3 Å².